The van der Waals surface area contributed by atoms with Crippen LogP contribution in [0.4, 0.5) is 5.82 Å². The van der Waals surface area contributed by atoms with Crippen LogP contribution in [0.2, 0.25) is 0 Å². The van der Waals surface area contributed by atoms with Crippen LogP contribution < -0.4 is 5.32 Å². The van der Waals surface area contributed by atoms with Crippen molar-refractivity contribution < 1.29 is 4.74 Å². The van der Waals surface area contributed by atoms with Crippen LogP contribution in [0.25, 0.3) is 0 Å². The summed E-state index contributed by atoms with van der Waals surface area (Å²) in [6, 6.07) is 2.05. The quantitative estimate of drug-likeness (QED) is 0.911. The maximum absolute atomic E-state index is 5.07. The van der Waals surface area contributed by atoms with Crippen molar-refractivity contribution in [2.75, 3.05) is 12.4 Å². The molecular weight excluding hydrogens is 260 g/mol. The van der Waals surface area contributed by atoms with Gasteiger partial charge in [0.2, 0.25) is 0 Å². The highest BCUT2D eigenvalue weighted by atomic mass is 32.1. The van der Waals surface area contributed by atoms with Crippen molar-refractivity contribution in [1.82, 2.24) is 15.0 Å². The zero-order valence-electron chi connectivity index (χ0n) is 11.6. The number of aromatic nitrogens is 3. The summed E-state index contributed by atoms with van der Waals surface area (Å²) in [5, 5.41) is 4.41. The van der Waals surface area contributed by atoms with Crippen LogP contribution in [0.15, 0.2) is 12.3 Å². The molecule has 2 rings (SSSR count). The van der Waals surface area contributed by atoms with E-state index in [4.69, 9.17) is 4.74 Å². The predicted octanol–water partition coefficient (Wildman–Crippen LogP) is 2.87. The fourth-order valence-electron chi connectivity index (χ4n) is 1.75. The summed E-state index contributed by atoms with van der Waals surface area (Å²) in [5.74, 6) is 1.49. The number of ether oxygens (including phenoxy) is 1. The molecule has 0 amide bonds. The number of aryl methyl sites for hydroxylation is 2. The Balaban J connectivity index is 2.14. The van der Waals surface area contributed by atoms with Gasteiger partial charge < -0.3 is 10.1 Å². The normalized spacial score (nSPS) is 12.4. The first-order chi connectivity index (χ1) is 9.08. The summed E-state index contributed by atoms with van der Waals surface area (Å²) in [5.41, 5.74) is 0.923. The molecule has 0 aliphatic heterocycles. The number of nitrogens with one attached hydrogen (secondary N) is 1. The van der Waals surface area contributed by atoms with Crippen molar-refractivity contribution in [3.05, 3.63) is 33.7 Å². The van der Waals surface area contributed by atoms with Gasteiger partial charge in [0.15, 0.2) is 5.82 Å². The molecule has 2 aromatic heterocycles. The van der Waals surface area contributed by atoms with E-state index in [1.165, 1.54) is 4.88 Å². The van der Waals surface area contributed by atoms with Crippen LogP contribution in [-0.4, -0.2) is 22.1 Å². The highest BCUT2D eigenvalue weighted by Gasteiger charge is 2.11. The number of hydrogen-bond acceptors (Lipinski definition) is 6. The van der Waals surface area contributed by atoms with Crippen LogP contribution in [-0.2, 0) is 11.3 Å². The van der Waals surface area contributed by atoms with Crippen LogP contribution in [0.5, 0.6) is 0 Å². The van der Waals surface area contributed by atoms with Gasteiger partial charge in [0.05, 0.1) is 6.04 Å². The van der Waals surface area contributed by atoms with Crippen molar-refractivity contribution >= 4 is 17.2 Å². The van der Waals surface area contributed by atoms with E-state index < -0.39 is 0 Å². The second kappa shape index (κ2) is 6.08. The summed E-state index contributed by atoms with van der Waals surface area (Å²) in [7, 11) is 1.64. The number of hydrogen-bond donors (Lipinski definition) is 1. The Kier molecular flexibility index (Phi) is 4.44. The van der Waals surface area contributed by atoms with E-state index in [1.807, 2.05) is 19.2 Å². The monoisotopic (exact) mass is 278 g/mol. The van der Waals surface area contributed by atoms with E-state index in [9.17, 15) is 0 Å². The van der Waals surface area contributed by atoms with Crippen molar-refractivity contribution in [3.63, 3.8) is 0 Å². The third-order valence-electron chi connectivity index (χ3n) is 2.55. The minimum absolute atomic E-state index is 0.128. The van der Waals surface area contributed by atoms with Crippen LogP contribution in [0.3, 0.4) is 0 Å². The van der Waals surface area contributed by atoms with Crippen molar-refractivity contribution in [2.24, 2.45) is 0 Å². The van der Waals surface area contributed by atoms with Gasteiger partial charge in [-0.1, -0.05) is 0 Å². The van der Waals surface area contributed by atoms with Gasteiger partial charge >= 0.3 is 0 Å². The first-order valence-electron chi connectivity index (χ1n) is 6.11. The van der Waals surface area contributed by atoms with Gasteiger partial charge in [0.25, 0.3) is 0 Å². The molecule has 102 valence electrons. The minimum Gasteiger partial charge on any atom is -0.377 e. The summed E-state index contributed by atoms with van der Waals surface area (Å²) < 4.78 is 5.07. The van der Waals surface area contributed by atoms with Crippen molar-refractivity contribution in [1.29, 1.82) is 0 Å². The van der Waals surface area contributed by atoms with Crippen LogP contribution in [0, 0.1) is 13.8 Å². The molecule has 0 saturated carbocycles. The Morgan fingerprint density at radius 3 is 2.79 bits per heavy atom. The largest absolute Gasteiger partial charge is 0.377 e. The lowest BCUT2D eigenvalue weighted by molar-refractivity contribution is 0.177. The molecule has 2 aromatic rings. The predicted molar refractivity (Wildman–Crippen MR) is 76.4 cm³/mol. The number of nitrogens with zero attached hydrogens (tertiary/aromatic N) is 3. The second-order valence-electron chi connectivity index (χ2n) is 4.42. The van der Waals surface area contributed by atoms with Crippen molar-refractivity contribution in [3.8, 4) is 0 Å². The van der Waals surface area contributed by atoms with E-state index in [1.54, 1.807) is 18.4 Å². The maximum Gasteiger partial charge on any atom is 0.156 e. The van der Waals surface area contributed by atoms with E-state index in [0.29, 0.717) is 12.4 Å². The van der Waals surface area contributed by atoms with Gasteiger partial charge in [-0.2, -0.15) is 0 Å². The van der Waals surface area contributed by atoms with E-state index >= 15 is 0 Å². The topological polar surface area (TPSA) is 59.9 Å². The number of rotatable bonds is 5. The molecule has 0 spiro atoms. The molecule has 19 heavy (non-hydrogen) atoms. The number of methoxy groups -OCH3 is 1. The average Bonchev–Trinajstić information content (AvgIpc) is 2.75. The highest BCUT2D eigenvalue weighted by molar-refractivity contribution is 7.11. The molecule has 5 nitrogen and oxygen atoms in total. The Bertz CT molecular complexity index is 555. The summed E-state index contributed by atoms with van der Waals surface area (Å²) in [4.78, 5) is 14.3. The maximum atomic E-state index is 5.07. The van der Waals surface area contributed by atoms with E-state index in [-0.39, 0.29) is 6.04 Å². The molecule has 1 N–H and O–H groups in total. The van der Waals surface area contributed by atoms with Gasteiger partial charge in [-0.05, 0) is 20.8 Å². The minimum atomic E-state index is 0.128. The Hall–Kier alpha value is -1.53. The molecule has 1 atom stereocenters. The lowest BCUT2D eigenvalue weighted by Gasteiger charge is -2.13. The Morgan fingerprint density at radius 1 is 1.37 bits per heavy atom. The lowest BCUT2D eigenvalue weighted by atomic mass is 10.3. The zero-order chi connectivity index (χ0) is 13.8. The van der Waals surface area contributed by atoms with E-state index in [0.717, 1.165) is 16.5 Å². The van der Waals surface area contributed by atoms with Gasteiger partial charge in [-0.25, -0.2) is 15.0 Å². The fraction of sp³-hybridized carbons (Fsp3) is 0.462. The summed E-state index contributed by atoms with van der Waals surface area (Å²) in [6.07, 6.45) is 1.89. The molecule has 0 aromatic carbocycles. The second-order valence-corrected chi connectivity index (χ2v) is 5.69. The molecule has 0 aliphatic carbocycles. The van der Waals surface area contributed by atoms with Crippen LogP contribution >= 0.6 is 11.3 Å². The van der Waals surface area contributed by atoms with Gasteiger partial charge in [0.1, 0.15) is 17.4 Å². The fourth-order valence-corrected chi connectivity index (χ4v) is 2.53. The SMILES string of the molecule is COCc1nc(C)cc(NC(C)c2ncc(C)s2)n1. The van der Waals surface area contributed by atoms with Gasteiger partial charge in [0, 0.05) is 29.9 Å². The average molecular weight is 278 g/mol. The third-order valence-corrected chi connectivity index (χ3v) is 3.64. The molecule has 1 unspecified atom stereocenters. The van der Waals surface area contributed by atoms with Crippen molar-refractivity contribution in [2.45, 2.75) is 33.4 Å². The lowest BCUT2D eigenvalue weighted by Crippen LogP contribution is -2.10. The third kappa shape index (κ3) is 3.71. The first kappa shape index (κ1) is 13.9. The van der Waals surface area contributed by atoms with E-state index in [2.05, 4.69) is 34.1 Å². The first-order valence-corrected chi connectivity index (χ1v) is 6.92. The number of anilines is 1. The van der Waals surface area contributed by atoms with Crippen LogP contribution in [0.1, 0.15) is 34.4 Å². The Labute approximate surface area is 117 Å². The van der Waals surface area contributed by atoms with Gasteiger partial charge in [-0.15, -0.1) is 11.3 Å². The zero-order valence-corrected chi connectivity index (χ0v) is 12.4. The molecule has 2 heterocycles. The molecule has 0 radical (unpaired) electrons. The molecule has 6 heteroatoms. The smallest absolute Gasteiger partial charge is 0.156 e. The standard InChI is InChI=1S/C13H18N4OS/c1-8-5-11(17-12(15-8)7-18-4)16-10(3)13-14-6-9(2)19-13/h5-6,10H,7H2,1-4H3,(H,15,16,17). The molecule has 0 saturated heterocycles. The molecule has 0 aliphatic rings. The summed E-state index contributed by atoms with van der Waals surface area (Å²) in [6.45, 7) is 6.50. The molecule has 0 bridgehead atoms. The number of thiazole rings is 1. The summed E-state index contributed by atoms with van der Waals surface area (Å²) >= 11 is 1.69. The highest BCUT2D eigenvalue weighted by Crippen LogP contribution is 2.22. The molecule has 0 fully saturated rings. The Morgan fingerprint density at radius 2 is 2.16 bits per heavy atom. The van der Waals surface area contributed by atoms with Gasteiger partial charge in [-0.3, -0.25) is 0 Å². The molecular formula is C13H18N4OS.